The lowest BCUT2D eigenvalue weighted by molar-refractivity contribution is -0.119. The van der Waals surface area contributed by atoms with Gasteiger partial charge < -0.3 is 9.73 Å². The zero-order valence-electron chi connectivity index (χ0n) is 12.1. The maximum Gasteiger partial charge on any atom is 0.230 e. The van der Waals surface area contributed by atoms with Gasteiger partial charge in [0.05, 0.1) is 12.0 Å². The average Bonchev–Trinajstić information content (AvgIpc) is 3.27. The fraction of sp³-hybridized carbons (Fsp3) is 0.533. The van der Waals surface area contributed by atoms with Crippen LogP contribution in [0.15, 0.2) is 28.0 Å². The molecule has 4 rings (SSSR count). The number of amides is 1. The second kappa shape index (κ2) is 5.79. The van der Waals surface area contributed by atoms with Gasteiger partial charge in [-0.2, -0.15) is 4.98 Å². The van der Waals surface area contributed by atoms with Crippen LogP contribution in [0.25, 0.3) is 11.6 Å². The Morgan fingerprint density at radius 3 is 3.14 bits per heavy atom. The summed E-state index contributed by atoms with van der Waals surface area (Å²) in [6.45, 7) is 0. The maximum absolute atomic E-state index is 12.1. The highest BCUT2D eigenvalue weighted by molar-refractivity contribution is 7.99. The van der Waals surface area contributed by atoms with Crippen LogP contribution in [0, 0.1) is 11.8 Å². The molecule has 22 heavy (non-hydrogen) atoms. The Morgan fingerprint density at radius 1 is 1.45 bits per heavy atom. The number of fused-ring (bicyclic) bond motifs is 2. The van der Waals surface area contributed by atoms with E-state index >= 15 is 0 Å². The third-order valence-corrected chi connectivity index (χ3v) is 5.48. The Labute approximate surface area is 132 Å². The number of hydrogen-bond acceptors (Lipinski definition) is 5. The quantitative estimate of drug-likeness (QED) is 0.827. The third-order valence-electron chi connectivity index (χ3n) is 4.64. The summed E-state index contributed by atoms with van der Waals surface area (Å²) < 4.78 is 5.25. The molecule has 2 aromatic rings. The van der Waals surface area contributed by atoms with Crippen molar-refractivity contribution in [3.05, 3.63) is 18.4 Å². The van der Waals surface area contributed by atoms with Crippen LogP contribution in [-0.2, 0) is 4.79 Å². The number of nitrogens with one attached hydrogen (secondary N) is 2. The molecule has 0 aliphatic heterocycles. The molecule has 7 heteroatoms. The molecule has 2 saturated carbocycles. The van der Waals surface area contributed by atoms with E-state index in [2.05, 4.69) is 20.5 Å². The van der Waals surface area contributed by atoms with Crippen molar-refractivity contribution < 1.29 is 9.21 Å². The Balaban J connectivity index is 1.28. The van der Waals surface area contributed by atoms with Gasteiger partial charge >= 0.3 is 0 Å². The van der Waals surface area contributed by atoms with Gasteiger partial charge in [-0.25, -0.2) is 0 Å². The van der Waals surface area contributed by atoms with Gasteiger partial charge in [-0.1, -0.05) is 18.2 Å². The lowest BCUT2D eigenvalue weighted by Gasteiger charge is -2.22. The Kier molecular flexibility index (Phi) is 3.65. The van der Waals surface area contributed by atoms with E-state index < -0.39 is 0 Å². The van der Waals surface area contributed by atoms with E-state index in [1.54, 1.807) is 12.3 Å². The van der Waals surface area contributed by atoms with Gasteiger partial charge in [0.1, 0.15) is 0 Å². The van der Waals surface area contributed by atoms with Crippen LogP contribution in [0.2, 0.25) is 0 Å². The van der Waals surface area contributed by atoms with E-state index in [0.29, 0.717) is 34.5 Å². The summed E-state index contributed by atoms with van der Waals surface area (Å²) in [6, 6.07) is 4.00. The highest BCUT2D eigenvalue weighted by Crippen LogP contribution is 2.44. The molecule has 0 unspecified atom stereocenters. The zero-order valence-corrected chi connectivity index (χ0v) is 12.9. The summed E-state index contributed by atoms with van der Waals surface area (Å²) in [4.78, 5) is 16.4. The molecule has 2 aliphatic carbocycles. The van der Waals surface area contributed by atoms with Gasteiger partial charge in [-0.3, -0.25) is 9.89 Å². The number of aromatic nitrogens is 3. The van der Waals surface area contributed by atoms with E-state index in [0.717, 1.165) is 12.3 Å². The highest BCUT2D eigenvalue weighted by Gasteiger charge is 2.39. The molecule has 0 saturated heterocycles. The molecule has 6 nitrogen and oxygen atoms in total. The van der Waals surface area contributed by atoms with Gasteiger partial charge in [0, 0.05) is 6.04 Å². The molecule has 0 radical (unpaired) electrons. The topological polar surface area (TPSA) is 83.8 Å². The molecule has 116 valence electrons. The number of thioether (sulfide) groups is 1. The van der Waals surface area contributed by atoms with E-state index in [1.807, 2.05) is 6.07 Å². The van der Waals surface area contributed by atoms with Crippen LogP contribution in [-0.4, -0.2) is 32.9 Å². The number of aromatic amines is 1. The molecular weight excluding hydrogens is 300 g/mol. The largest absolute Gasteiger partial charge is 0.461 e. The molecule has 2 N–H and O–H groups in total. The number of furan rings is 1. The number of hydrogen-bond donors (Lipinski definition) is 2. The van der Waals surface area contributed by atoms with Gasteiger partial charge in [0.2, 0.25) is 11.1 Å². The molecular formula is C15H18N4O2S. The number of nitrogens with zero attached hydrogens (tertiary/aromatic N) is 2. The number of rotatable bonds is 5. The normalized spacial score (nSPS) is 26.5. The van der Waals surface area contributed by atoms with Crippen LogP contribution in [0.4, 0.5) is 0 Å². The molecule has 1 amide bonds. The van der Waals surface area contributed by atoms with Crippen LogP contribution in [0.1, 0.15) is 25.7 Å². The van der Waals surface area contributed by atoms with Crippen molar-refractivity contribution in [3.8, 4) is 11.6 Å². The first-order chi connectivity index (χ1) is 10.8. The number of carbonyl (C=O) groups is 1. The minimum absolute atomic E-state index is 0.0758. The predicted octanol–water partition coefficient (Wildman–Crippen LogP) is 2.46. The Morgan fingerprint density at radius 2 is 2.41 bits per heavy atom. The fourth-order valence-corrected chi connectivity index (χ4v) is 4.24. The Hall–Kier alpha value is -1.76. The van der Waals surface area contributed by atoms with Crippen molar-refractivity contribution in [1.82, 2.24) is 20.5 Å². The molecule has 2 bridgehead atoms. The van der Waals surface area contributed by atoms with Gasteiger partial charge in [-0.15, -0.1) is 5.10 Å². The molecule has 2 heterocycles. The monoisotopic (exact) mass is 318 g/mol. The summed E-state index contributed by atoms with van der Waals surface area (Å²) >= 11 is 1.34. The van der Waals surface area contributed by atoms with Crippen LogP contribution >= 0.6 is 11.8 Å². The van der Waals surface area contributed by atoms with Crippen molar-refractivity contribution in [2.75, 3.05) is 5.75 Å². The molecule has 2 aliphatic rings. The second-order valence-corrected chi connectivity index (χ2v) is 7.02. The summed E-state index contributed by atoms with van der Waals surface area (Å²) in [5.41, 5.74) is 0. The molecule has 2 aromatic heterocycles. The van der Waals surface area contributed by atoms with Crippen molar-refractivity contribution in [3.63, 3.8) is 0 Å². The first kappa shape index (κ1) is 13.9. The van der Waals surface area contributed by atoms with E-state index in [4.69, 9.17) is 4.42 Å². The van der Waals surface area contributed by atoms with Gasteiger partial charge in [-0.05, 0) is 43.2 Å². The summed E-state index contributed by atoms with van der Waals surface area (Å²) in [5, 5.41) is 10.7. The zero-order chi connectivity index (χ0) is 14.9. The predicted molar refractivity (Wildman–Crippen MR) is 82.2 cm³/mol. The molecule has 0 spiro atoms. The van der Waals surface area contributed by atoms with Crippen LogP contribution < -0.4 is 5.32 Å². The highest BCUT2D eigenvalue weighted by atomic mass is 32.2. The molecule has 2 fully saturated rings. The SMILES string of the molecule is O=C(CSc1n[nH]c(-c2ccco2)n1)N[C@@H]1C[C@H]2CC[C@H]1C2. The summed E-state index contributed by atoms with van der Waals surface area (Å²) in [5.74, 6) is 3.20. The first-order valence-corrected chi connectivity index (χ1v) is 8.65. The van der Waals surface area contributed by atoms with E-state index in [1.165, 1.54) is 31.0 Å². The van der Waals surface area contributed by atoms with Crippen molar-refractivity contribution in [2.45, 2.75) is 36.9 Å². The van der Waals surface area contributed by atoms with Crippen molar-refractivity contribution in [1.29, 1.82) is 0 Å². The lowest BCUT2D eigenvalue weighted by atomic mass is 9.95. The van der Waals surface area contributed by atoms with Crippen LogP contribution in [0.5, 0.6) is 0 Å². The molecule has 0 aromatic carbocycles. The fourth-order valence-electron chi connectivity index (χ4n) is 3.63. The summed E-state index contributed by atoms with van der Waals surface area (Å²) in [6.07, 6.45) is 6.66. The minimum Gasteiger partial charge on any atom is -0.461 e. The standard InChI is InChI=1S/C15H18N4O2S/c20-13(16-11-7-9-3-4-10(11)6-9)8-22-15-17-14(18-19-15)12-2-1-5-21-12/h1-2,5,9-11H,3-4,6-8H2,(H,16,20)(H,17,18,19)/t9-,10-,11+/m0/s1. The van der Waals surface area contributed by atoms with E-state index in [-0.39, 0.29) is 5.91 Å². The third kappa shape index (κ3) is 2.77. The number of H-pyrrole nitrogens is 1. The first-order valence-electron chi connectivity index (χ1n) is 7.66. The van der Waals surface area contributed by atoms with Crippen molar-refractivity contribution >= 4 is 17.7 Å². The lowest BCUT2D eigenvalue weighted by Crippen LogP contribution is -2.39. The van der Waals surface area contributed by atoms with Crippen LogP contribution in [0.3, 0.4) is 0 Å². The average molecular weight is 318 g/mol. The second-order valence-electron chi connectivity index (χ2n) is 6.08. The summed E-state index contributed by atoms with van der Waals surface area (Å²) in [7, 11) is 0. The minimum atomic E-state index is 0.0758. The smallest absolute Gasteiger partial charge is 0.230 e. The maximum atomic E-state index is 12.1. The van der Waals surface area contributed by atoms with Gasteiger partial charge in [0.25, 0.3) is 0 Å². The van der Waals surface area contributed by atoms with Crippen molar-refractivity contribution in [2.24, 2.45) is 11.8 Å². The Bertz CT molecular complexity index is 654. The number of carbonyl (C=O) groups excluding carboxylic acids is 1. The van der Waals surface area contributed by atoms with Gasteiger partial charge in [0.15, 0.2) is 11.6 Å². The van der Waals surface area contributed by atoms with E-state index in [9.17, 15) is 4.79 Å². The molecule has 3 atom stereocenters.